The Morgan fingerprint density at radius 2 is 2.27 bits per heavy atom. The van der Waals surface area contributed by atoms with Gasteiger partial charge >= 0.3 is 0 Å². The van der Waals surface area contributed by atoms with Crippen molar-refractivity contribution >= 4 is 11.4 Å². The van der Waals surface area contributed by atoms with Crippen LogP contribution in [0.3, 0.4) is 0 Å². The lowest BCUT2D eigenvalue weighted by molar-refractivity contribution is -0.384. The third-order valence-electron chi connectivity index (χ3n) is 1.94. The fraction of sp³-hybridized carbons (Fsp3) is 0.333. The summed E-state index contributed by atoms with van der Waals surface area (Å²) in [5.74, 6) is 0. The van der Waals surface area contributed by atoms with Crippen LogP contribution in [0.2, 0.25) is 0 Å². The van der Waals surface area contributed by atoms with E-state index in [0.717, 1.165) is 5.56 Å². The number of non-ortho nitro benzene ring substituents is 1. The molecule has 0 amide bonds. The second kappa shape index (κ2) is 5.28. The highest BCUT2D eigenvalue weighted by atomic mass is 16.6. The molecule has 0 unspecified atom stereocenters. The van der Waals surface area contributed by atoms with Gasteiger partial charge in [0.1, 0.15) is 0 Å². The molecule has 15 heavy (non-hydrogen) atoms. The van der Waals surface area contributed by atoms with Crippen LogP contribution in [0, 0.1) is 10.1 Å². The summed E-state index contributed by atoms with van der Waals surface area (Å²) < 4.78 is 0. The molecule has 0 aromatic heterocycles. The van der Waals surface area contributed by atoms with E-state index >= 15 is 0 Å². The molecule has 0 saturated carbocycles. The highest BCUT2D eigenvalue weighted by molar-refractivity contribution is 5.53. The van der Waals surface area contributed by atoms with Gasteiger partial charge in [-0.25, -0.2) is 0 Å². The highest BCUT2D eigenvalue weighted by Gasteiger charge is 2.07. The summed E-state index contributed by atoms with van der Waals surface area (Å²) in [5.41, 5.74) is 6.79. The molecule has 0 heterocycles. The summed E-state index contributed by atoms with van der Waals surface area (Å²) in [6, 6.07) is 4.35. The number of nitrogen functional groups attached to an aromatic ring is 1. The number of nitro benzene ring substituents is 1. The molecule has 0 atom stereocenters. The molecule has 0 radical (unpaired) electrons. The SMILES string of the molecule is Nc1cc([N+](=O)[O-])ccc1CNCCO. The third-order valence-corrected chi connectivity index (χ3v) is 1.94. The Balaban J connectivity index is 2.70. The van der Waals surface area contributed by atoms with Crippen LogP contribution >= 0.6 is 0 Å². The van der Waals surface area contributed by atoms with Gasteiger partial charge in [0.15, 0.2) is 0 Å². The fourth-order valence-electron chi connectivity index (χ4n) is 1.16. The number of aliphatic hydroxyl groups is 1. The molecule has 0 aliphatic rings. The summed E-state index contributed by atoms with van der Waals surface area (Å²) in [7, 11) is 0. The summed E-state index contributed by atoms with van der Waals surface area (Å²) in [6.45, 7) is 1.01. The number of rotatable bonds is 5. The second-order valence-electron chi connectivity index (χ2n) is 3.04. The van der Waals surface area contributed by atoms with Crippen molar-refractivity contribution in [2.75, 3.05) is 18.9 Å². The first kappa shape index (κ1) is 11.4. The van der Waals surface area contributed by atoms with Gasteiger partial charge in [-0.15, -0.1) is 0 Å². The quantitative estimate of drug-likeness (QED) is 0.280. The molecule has 0 bridgehead atoms. The number of hydrogen-bond acceptors (Lipinski definition) is 5. The van der Waals surface area contributed by atoms with Crippen LogP contribution in [0.1, 0.15) is 5.56 Å². The Labute approximate surface area is 86.9 Å². The third kappa shape index (κ3) is 3.19. The molecule has 1 aromatic rings. The summed E-state index contributed by atoms with van der Waals surface area (Å²) >= 11 is 0. The molecule has 0 saturated heterocycles. The van der Waals surface area contributed by atoms with Gasteiger partial charge in [-0.05, 0) is 11.6 Å². The maximum absolute atomic E-state index is 10.4. The van der Waals surface area contributed by atoms with Crippen molar-refractivity contribution in [3.05, 3.63) is 33.9 Å². The van der Waals surface area contributed by atoms with Gasteiger partial charge in [-0.2, -0.15) is 0 Å². The van der Waals surface area contributed by atoms with Crippen LogP contribution in [0.15, 0.2) is 18.2 Å². The number of nitrogens with one attached hydrogen (secondary N) is 1. The van der Waals surface area contributed by atoms with Crippen LogP contribution in [0.25, 0.3) is 0 Å². The number of nitrogens with two attached hydrogens (primary N) is 1. The van der Waals surface area contributed by atoms with Crippen LogP contribution in [-0.2, 0) is 6.54 Å². The van der Waals surface area contributed by atoms with E-state index < -0.39 is 4.92 Å². The first-order valence-corrected chi connectivity index (χ1v) is 4.49. The Kier molecular flexibility index (Phi) is 4.02. The van der Waals surface area contributed by atoms with Gasteiger partial charge in [0.25, 0.3) is 5.69 Å². The van der Waals surface area contributed by atoms with Gasteiger partial charge in [0.2, 0.25) is 0 Å². The Bertz CT molecular complexity index is 354. The van der Waals surface area contributed by atoms with Gasteiger partial charge < -0.3 is 16.2 Å². The van der Waals surface area contributed by atoms with E-state index in [-0.39, 0.29) is 12.3 Å². The lowest BCUT2D eigenvalue weighted by Crippen LogP contribution is -2.18. The molecular weight excluding hydrogens is 198 g/mol. The molecule has 1 rings (SSSR count). The van der Waals surface area contributed by atoms with Crippen LogP contribution in [-0.4, -0.2) is 23.2 Å². The zero-order chi connectivity index (χ0) is 11.3. The topological polar surface area (TPSA) is 101 Å². The summed E-state index contributed by atoms with van der Waals surface area (Å²) in [5, 5.41) is 21.9. The lowest BCUT2D eigenvalue weighted by Gasteiger charge is -2.05. The number of nitro groups is 1. The van der Waals surface area contributed by atoms with E-state index in [9.17, 15) is 10.1 Å². The van der Waals surface area contributed by atoms with Crippen LogP contribution < -0.4 is 11.1 Å². The molecule has 0 fully saturated rings. The predicted octanol–water partition coefficient (Wildman–Crippen LogP) is 0.259. The maximum Gasteiger partial charge on any atom is 0.271 e. The minimum atomic E-state index is -0.485. The second-order valence-corrected chi connectivity index (χ2v) is 3.04. The molecular formula is C9H13N3O3. The average molecular weight is 211 g/mol. The number of nitrogens with zero attached hydrogens (tertiary/aromatic N) is 1. The molecule has 0 aliphatic heterocycles. The van der Waals surface area contributed by atoms with Crippen molar-refractivity contribution in [3.63, 3.8) is 0 Å². The average Bonchev–Trinajstić information content (AvgIpc) is 2.20. The van der Waals surface area contributed by atoms with Crippen molar-refractivity contribution in [2.24, 2.45) is 0 Å². The largest absolute Gasteiger partial charge is 0.398 e. The number of hydrogen-bond donors (Lipinski definition) is 3. The minimum absolute atomic E-state index is 0.0154. The predicted molar refractivity (Wildman–Crippen MR) is 56.3 cm³/mol. The normalized spacial score (nSPS) is 10.2. The van der Waals surface area contributed by atoms with Crippen molar-refractivity contribution in [1.82, 2.24) is 5.32 Å². The summed E-state index contributed by atoms with van der Waals surface area (Å²) in [6.07, 6.45) is 0. The molecule has 1 aromatic carbocycles. The molecule has 6 nitrogen and oxygen atoms in total. The van der Waals surface area contributed by atoms with E-state index in [2.05, 4.69) is 5.32 Å². The standard InChI is InChI=1S/C9H13N3O3/c10-9-5-8(12(14)15)2-1-7(9)6-11-3-4-13/h1-2,5,11,13H,3-4,6,10H2. The molecule has 0 spiro atoms. The fourth-order valence-corrected chi connectivity index (χ4v) is 1.16. The van der Waals surface area contributed by atoms with Gasteiger partial charge in [-0.3, -0.25) is 10.1 Å². The molecule has 6 heteroatoms. The maximum atomic E-state index is 10.4. The lowest BCUT2D eigenvalue weighted by atomic mass is 10.1. The van der Waals surface area contributed by atoms with Gasteiger partial charge in [-0.1, -0.05) is 0 Å². The van der Waals surface area contributed by atoms with Crippen molar-refractivity contribution in [1.29, 1.82) is 0 Å². The zero-order valence-electron chi connectivity index (χ0n) is 8.14. The van der Waals surface area contributed by atoms with Gasteiger partial charge in [0.05, 0.1) is 11.5 Å². The summed E-state index contributed by atoms with van der Waals surface area (Å²) in [4.78, 5) is 9.94. The Morgan fingerprint density at radius 1 is 1.53 bits per heavy atom. The monoisotopic (exact) mass is 211 g/mol. The van der Waals surface area contributed by atoms with E-state index in [0.29, 0.717) is 18.8 Å². The zero-order valence-corrected chi connectivity index (χ0v) is 8.14. The molecule has 4 N–H and O–H groups in total. The van der Waals surface area contributed by atoms with Crippen molar-refractivity contribution in [3.8, 4) is 0 Å². The number of anilines is 1. The highest BCUT2D eigenvalue weighted by Crippen LogP contribution is 2.19. The number of aliphatic hydroxyl groups excluding tert-OH is 1. The van der Waals surface area contributed by atoms with Gasteiger partial charge in [0, 0.05) is 30.9 Å². The Morgan fingerprint density at radius 3 is 2.80 bits per heavy atom. The van der Waals surface area contributed by atoms with E-state index in [4.69, 9.17) is 10.8 Å². The van der Waals surface area contributed by atoms with E-state index in [1.807, 2.05) is 0 Å². The molecule has 0 aliphatic carbocycles. The van der Waals surface area contributed by atoms with E-state index in [1.165, 1.54) is 12.1 Å². The first-order chi connectivity index (χ1) is 7.15. The smallest absolute Gasteiger partial charge is 0.271 e. The van der Waals surface area contributed by atoms with Crippen LogP contribution in [0.5, 0.6) is 0 Å². The minimum Gasteiger partial charge on any atom is -0.398 e. The number of benzene rings is 1. The van der Waals surface area contributed by atoms with Crippen molar-refractivity contribution in [2.45, 2.75) is 6.54 Å². The molecule has 82 valence electrons. The first-order valence-electron chi connectivity index (χ1n) is 4.49. The van der Waals surface area contributed by atoms with Crippen molar-refractivity contribution < 1.29 is 10.0 Å². The van der Waals surface area contributed by atoms with E-state index in [1.54, 1.807) is 6.07 Å². The Hall–Kier alpha value is -1.66. The van der Waals surface area contributed by atoms with Crippen LogP contribution in [0.4, 0.5) is 11.4 Å².